The third-order valence-electron chi connectivity index (χ3n) is 5.75. The standard InChI is InChI=1S/C18H29BN2/c1-14-9-15(5-8-19)3-4-17(14)10-16-11-21(12-16)18(13-20)6-2-7-18/h3-4,9,16H,2,5-8,10-13,19-20H2,1H3. The first-order valence-corrected chi connectivity index (χ1v) is 8.70. The van der Waals surface area contributed by atoms with Gasteiger partial charge in [-0.25, -0.2) is 0 Å². The molecule has 1 heterocycles. The van der Waals surface area contributed by atoms with Crippen molar-refractivity contribution in [3.8, 4) is 0 Å². The van der Waals surface area contributed by atoms with Crippen molar-refractivity contribution in [2.45, 2.75) is 50.9 Å². The first-order chi connectivity index (χ1) is 10.2. The summed E-state index contributed by atoms with van der Waals surface area (Å²) in [6.07, 6.45) is 7.70. The molecule has 1 aromatic carbocycles. The molecule has 0 spiro atoms. The van der Waals surface area contributed by atoms with Crippen LogP contribution in [-0.2, 0) is 12.8 Å². The predicted octanol–water partition coefficient (Wildman–Crippen LogP) is 1.94. The van der Waals surface area contributed by atoms with Gasteiger partial charge in [0.1, 0.15) is 7.85 Å². The van der Waals surface area contributed by atoms with E-state index in [1.165, 1.54) is 62.6 Å². The van der Waals surface area contributed by atoms with Gasteiger partial charge >= 0.3 is 0 Å². The summed E-state index contributed by atoms with van der Waals surface area (Å²) in [4.78, 5) is 2.65. The first kappa shape index (κ1) is 15.1. The van der Waals surface area contributed by atoms with Gasteiger partial charge in [0.05, 0.1) is 0 Å². The largest absolute Gasteiger partial charge is 0.329 e. The summed E-state index contributed by atoms with van der Waals surface area (Å²) >= 11 is 0. The lowest BCUT2D eigenvalue weighted by molar-refractivity contribution is -0.0559. The predicted molar refractivity (Wildman–Crippen MR) is 92.6 cm³/mol. The van der Waals surface area contributed by atoms with E-state index < -0.39 is 0 Å². The molecule has 2 nitrogen and oxygen atoms in total. The van der Waals surface area contributed by atoms with Gasteiger partial charge in [0, 0.05) is 25.2 Å². The van der Waals surface area contributed by atoms with Crippen molar-refractivity contribution >= 4 is 7.85 Å². The highest BCUT2D eigenvalue weighted by molar-refractivity contribution is 6.08. The lowest BCUT2D eigenvalue weighted by Gasteiger charge is -2.57. The van der Waals surface area contributed by atoms with E-state index >= 15 is 0 Å². The summed E-state index contributed by atoms with van der Waals surface area (Å²) in [5.74, 6) is 0.838. The molecule has 3 rings (SSSR count). The van der Waals surface area contributed by atoms with Gasteiger partial charge in [-0.3, -0.25) is 4.90 Å². The van der Waals surface area contributed by atoms with Crippen LogP contribution in [0.25, 0.3) is 0 Å². The lowest BCUT2D eigenvalue weighted by atomic mass is 9.72. The Morgan fingerprint density at radius 1 is 1.33 bits per heavy atom. The molecule has 0 aromatic heterocycles. The maximum Gasteiger partial charge on any atom is 0.101 e. The van der Waals surface area contributed by atoms with Crippen LogP contribution in [0.3, 0.4) is 0 Å². The lowest BCUT2D eigenvalue weighted by Crippen LogP contribution is -2.66. The summed E-state index contributed by atoms with van der Waals surface area (Å²) in [6.45, 7) is 5.64. The highest BCUT2D eigenvalue weighted by Gasteiger charge is 2.46. The molecule has 2 N–H and O–H groups in total. The zero-order chi connectivity index (χ0) is 14.9. The molecule has 1 saturated carbocycles. The van der Waals surface area contributed by atoms with Crippen LogP contribution in [0.15, 0.2) is 18.2 Å². The Balaban J connectivity index is 1.54. The van der Waals surface area contributed by atoms with Crippen molar-refractivity contribution in [2.75, 3.05) is 19.6 Å². The first-order valence-electron chi connectivity index (χ1n) is 8.70. The fraction of sp³-hybridized carbons (Fsp3) is 0.667. The molecule has 0 amide bonds. The van der Waals surface area contributed by atoms with E-state index in [4.69, 9.17) is 5.73 Å². The third kappa shape index (κ3) is 2.91. The van der Waals surface area contributed by atoms with E-state index in [1.807, 2.05) is 0 Å². The summed E-state index contributed by atoms with van der Waals surface area (Å²) in [5, 5.41) is 0. The zero-order valence-corrected chi connectivity index (χ0v) is 13.7. The molecule has 2 aliphatic rings. The van der Waals surface area contributed by atoms with Crippen LogP contribution in [0, 0.1) is 12.8 Å². The van der Waals surface area contributed by atoms with Crippen LogP contribution in [0.1, 0.15) is 36.0 Å². The summed E-state index contributed by atoms with van der Waals surface area (Å²) in [5.41, 5.74) is 10.9. The Morgan fingerprint density at radius 3 is 2.62 bits per heavy atom. The van der Waals surface area contributed by atoms with Crippen molar-refractivity contribution in [1.82, 2.24) is 4.90 Å². The molecule has 1 saturated heterocycles. The second-order valence-corrected chi connectivity index (χ2v) is 7.27. The molecular weight excluding hydrogens is 255 g/mol. The number of nitrogens with zero attached hydrogens (tertiary/aromatic N) is 1. The number of benzene rings is 1. The Morgan fingerprint density at radius 2 is 2.10 bits per heavy atom. The Hall–Kier alpha value is -0.795. The van der Waals surface area contributed by atoms with E-state index in [2.05, 4.69) is 37.9 Å². The number of likely N-dealkylation sites (tertiary alicyclic amines) is 1. The molecule has 1 aromatic rings. The maximum absolute atomic E-state index is 6.00. The number of hydrogen-bond acceptors (Lipinski definition) is 2. The summed E-state index contributed by atoms with van der Waals surface area (Å²) < 4.78 is 0. The van der Waals surface area contributed by atoms with Gasteiger partial charge in [0.25, 0.3) is 0 Å². The highest BCUT2D eigenvalue weighted by atomic mass is 15.3. The van der Waals surface area contributed by atoms with Crippen molar-refractivity contribution in [3.63, 3.8) is 0 Å². The molecule has 3 heteroatoms. The molecular formula is C18H29BN2. The van der Waals surface area contributed by atoms with Gasteiger partial charge in [-0.05, 0) is 61.6 Å². The topological polar surface area (TPSA) is 29.3 Å². The van der Waals surface area contributed by atoms with Gasteiger partial charge in [0.2, 0.25) is 0 Å². The number of aryl methyl sites for hydroxylation is 2. The van der Waals surface area contributed by atoms with Gasteiger partial charge in [-0.15, -0.1) is 0 Å². The van der Waals surface area contributed by atoms with Crippen LogP contribution in [0.4, 0.5) is 0 Å². The fourth-order valence-corrected chi connectivity index (χ4v) is 4.06. The molecule has 1 aliphatic carbocycles. The Kier molecular flexibility index (Phi) is 4.42. The van der Waals surface area contributed by atoms with Gasteiger partial charge < -0.3 is 5.73 Å². The van der Waals surface area contributed by atoms with Gasteiger partial charge in [-0.2, -0.15) is 0 Å². The van der Waals surface area contributed by atoms with Crippen LogP contribution in [0.2, 0.25) is 6.32 Å². The Bertz CT molecular complexity index is 484. The van der Waals surface area contributed by atoms with Crippen LogP contribution < -0.4 is 5.73 Å². The quantitative estimate of drug-likeness (QED) is 0.809. The molecule has 1 aliphatic heterocycles. The van der Waals surface area contributed by atoms with Crippen LogP contribution in [-0.4, -0.2) is 37.9 Å². The number of hydrogen-bond donors (Lipinski definition) is 1. The van der Waals surface area contributed by atoms with Crippen LogP contribution in [0.5, 0.6) is 0 Å². The molecule has 0 atom stereocenters. The number of nitrogens with two attached hydrogens (primary N) is 1. The maximum atomic E-state index is 6.00. The van der Waals surface area contributed by atoms with Crippen molar-refractivity contribution in [1.29, 1.82) is 0 Å². The molecule has 0 bridgehead atoms. The van der Waals surface area contributed by atoms with Crippen LogP contribution >= 0.6 is 0 Å². The molecule has 0 unspecified atom stereocenters. The van der Waals surface area contributed by atoms with E-state index in [-0.39, 0.29) is 0 Å². The highest BCUT2D eigenvalue weighted by Crippen LogP contribution is 2.41. The minimum atomic E-state index is 0.385. The van der Waals surface area contributed by atoms with Crippen molar-refractivity contribution in [2.24, 2.45) is 11.7 Å². The fourth-order valence-electron chi connectivity index (χ4n) is 4.06. The normalized spacial score (nSPS) is 21.8. The second kappa shape index (κ2) is 6.14. The van der Waals surface area contributed by atoms with E-state index in [0.717, 1.165) is 12.5 Å². The van der Waals surface area contributed by atoms with E-state index in [0.29, 0.717) is 5.54 Å². The minimum Gasteiger partial charge on any atom is -0.329 e. The molecule has 0 radical (unpaired) electrons. The molecule has 2 fully saturated rings. The monoisotopic (exact) mass is 284 g/mol. The van der Waals surface area contributed by atoms with E-state index in [1.54, 1.807) is 5.56 Å². The van der Waals surface area contributed by atoms with Crippen molar-refractivity contribution < 1.29 is 0 Å². The van der Waals surface area contributed by atoms with Gasteiger partial charge in [-0.1, -0.05) is 24.5 Å². The molecule has 21 heavy (non-hydrogen) atoms. The average Bonchev–Trinajstić information content (AvgIpc) is 2.37. The zero-order valence-electron chi connectivity index (χ0n) is 13.7. The number of rotatable bonds is 6. The SMILES string of the molecule is BCCc1ccc(CC2CN(C3(CN)CCC3)C2)c(C)c1. The smallest absolute Gasteiger partial charge is 0.101 e. The second-order valence-electron chi connectivity index (χ2n) is 7.27. The Labute approximate surface area is 130 Å². The summed E-state index contributed by atoms with van der Waals surface area (Å²) in [7, 11) is 2.25. The van der Waals surface area contributed by atoms with E-state index in [9.17, 15) is 0 Å². The minimum absolute atomic E-state index is 0.385. The van der Waals surface area contributed by atoms with Gasteiger partial charge in [0.15, 0.2) is 0 Å². The third-order valence-corrected chi connectivity index (χ3v) is 5.75. The molecule has 114 valence electrons. The summed E-state index contributed by atoms with van der Waals surface area (Å²) in [6, 6.07) is 7.09. The van der Waals surface area contributed by atoms with Crippen molar-refractivity contribution in [3.05, 3.63) is 34.9 Å². The average molecular weight is 284 g/mol.